The molecule has 8 nitrogen and oxygen atoms in total. The predicted molar refractivity (Wildman–Crippen MR) is 161 cm³/mol. The van der Waals surface area contributed by atoms with Crippen molar-refractivity contribution in [2.75, 3.05) is 50.8 Å². The van der Waals surface area contributed by atoms with Gasteiger partial charge in [-0.05, 0) is 100 Å². The van der Waals surface area contributed by atoms with Gasteiger partial charge in [-0.3, -0.25) is 4.79 Å². The first-order valence-corrected chi connectivity index (χ1v) is 16.1. The maximum atomic E-state index is 13.2. The number of aromatic nitrogens is 2. The van der Waals surface area contributed by atoms with E-state index in [9.17, 15) is 4.79 Å². The number of amides is 1. The van der Waals surface area contributed by atoms with Gasteiger partial charge in [-0.25, -0.2) is 0 Å². The van der Waals surface area contributed by atoms with Gasteiger partial charge >= 0.3 is 6.01 Å². The summed E-state index contributed by atoms with van der Waals surface area (Å²) in [5.41, 5.74) is 2.62. The minimum Gasteiger partial charge on any atom is -0.493 e. The Morgan fingerprint density at radius 1 is 0.976 bits per heavy atom. The van der Waals surface area contributed by atoms with Crippen LogP contribution in [0.4, 0.5) is 6.01 Å². The van der Waals surface area contributed by atoms with Gasteiger partial charge in [0.05, 0.1) is 6.61 Å². The lowest BCUT2D eigenvalue weighted by Crippen LogP contribution is -2.47. The van der Waals surface area contributed by atoms with Gasteiger partial charge in [0.1, 0.15) is 5.75 Å². The van der Waals surface area contributed by atoms with Crippen LogP contribution in [0, 0.1) is 11.8 Å². The van der Waals surface area contributed by atoms with E-state index in [1.165, 1.54) is 37.1 Å². The highest BCUT2D eigenvalue weighted by atomic mass is 16.5. The Hall–Kier alpha value is -2.87. The van der Waals surface area contributed by atoms with Gasteiger partial charge in [-0.2, -0.15) is 4.98 Å². The summed E-state index contributed by atoms with van der Waals surface area (Å²) in [7, 11) is 0. The highest BCUT2D eigenvalue weighted by Gasteiger charge is 2.32. The van der Waals surface area contributed by atoms with Crippen LogP contribution in [0.2, 0.25) is 0 Å². The number of hydrogen-bond donors (Lipinski definition) is 0. The minimum atomic E-state index is 0.146. The Morgan fingerprint density at radius 2 is 1.71 bits per heavy atom. The number of hydrogen-bond acceptors (Lipinski definition) is 7. The van der Waals surface area contributed by atoms with E-state index in [2.05, 4.69) is 69.0 Å². The average molecular weight is 562 g/mol. The monoisotopic (exact) mass is 561 g/mol. The van der Waals surface area contributed by atoms with Crippen LogP contribution in [-0.4, -0.2) is 77.8 Å². The molecule has 4 aliphatic rings. The summed E-state index contributed by atoms with van der Waals surface area (Å²) in [6, 6.07) is 9.89. The molecule has 0 saturated carbocycles. The third-order valence-electron chi connectivity index (χ3n) is 9.74. The molecule has 222 valence electrons. The van der Waals surface area contributed by atoms with Crippen molar-refractivity contribution in [3.8, 4) is 5.75 Å². The van der Waals surface area contributed by atoms with Crippen LogP contribution >= 0.6 is 0 Å². The number of carbonyl (C=O) groups excluding carboxylic acids is 1. The second-order valence-corrected chi connectivity index (χ2v) is 12.9. The van der Waals surface area contributed by atoms with Crippen molar-refractivity contribution < 1.29 is 14.1 Å². The van der Waals surface area contributed by atoms with Crippen molar-refractivity contribution in [3.05, 3.63) is 41.7 Å². The van der Waals surface area contributed by atoms with E-state index >= 15 is 0 Å². The zero-order valence-electron chi connectivity index (χ0n) is 25.0. The van der Waals surface area contributed by atoms with Gasteiger partial charge in [0.15, 0.2) is 5.82 Å². The first-order valence-electron chi connectivity index (χ1n) is 16.1. The second-order valence-electron chi connectivity index (χ2n) is 12.9. The van der Waals surface area contributed by atoms with E-state index in [1.54, 1.807) is 0 Å². The Kier molecular flexibility index (Phi) is 8.94. The molecule has 0 N–H and O–H groups in total. The van der Waals surface area contributed by atoms with Crippen LogP contribution in [0.1, 0.15) is 88.9 Å². The fourth-order valence-corrected chi connectivity index (χ4v) is 7.00. The maximum absolute atomic E-state index is 13.2. The molecule has 1 atom stereocenters. The third kappa shape index (κ3) is 6.79. The smallest absolute Gasteiger partial charge is 0.324 e. The highest BCUT2D eigenvalue weighted by molar-refractivity contribution is 5.81. The first kappa shape index (κ1) is 28.3. The summed E-state index contributed by atoms with van der Waals surface area (Å²) in [6.45, 7) is 11.1. The standard InChI is InChI=1S/C33H47N5O3/c1-24(2)31-34-33(41-35-31)38-19-13-25(14-20-38)23-40-30-11-9-27(10-12-30)26-5-7-28(8-6-26)32(39)37-21-15-29(16-22-37)36-17-3-4-18-36/h5,9-12,24-25,28-29H,3-4,6-8,13-23H2,1-2H3. The summed E-state index contributed by atoms with van der Waals surface area (Å²) >= 11 is 0. The number of anilines is 1. The number of rotatable bonds is 8. The number of nitrogens with zero attached hydrogens (tertiary/aromatic N) is 5. The lowest BCUT2D eigenvalue weighted by molar-refractivity contribution is -0.137. The van der Waals surface area contributed by atoms with Crippen LogP contribution in [0.25, 0.3) is 5.57 Å². The fourth-order valence-electron chi connectivity index (χ4n) is 7.00. The van der Waals surface area contributed by atoms with Crippen molar-refractivity contribution in [2.24, 2.45) is 11.8 Å². The van der Waals surface area contributed by atoms with E-state index in [0.29, 0.717) is 23.9 Å². The summed E-state index contributed by atoms with van der Waals surface area (Å²) in [6.07, 6.45) is 12.2. The zero-order chi connectivity index (χ0) is 28.2. The van der Waals surface area contributed by atoms with E-state index < -0.39 is 0 Å². The molecule has 8 heteroatoms. The lowest BCUT2D eigenvalue weighted by atomic mass is 9.85. The molecule has 0 spiro atoms. The molecule has 4 heterocycles. The molecular formula is C33H47N5O3. The van der Waals surface area contributed by atoms with Gasteiger partial charge in [-0.15, -0.1) is 0 Å². The van der Waals surface area contributed by atoms with Gasteiger partial charge in [0.25, 0.3) is 0 Å². The van der Waals surface area contributed by atoms with Crippen molar-refractivity contribution in [1.29, 1.82) is 0 Å². The SMILES string of the molecule is CC(C)c1noc(N2CCC(COc3ccc(C4=CCC(C(=O)N5CCC(N6CCCC6)CC5)CC4)cc3)CC2)n1. The topological polar surface area (TPSA) is 74.9 Å². The molecule has 3 aliphatic heterocycles. The molecular weight excluding hydrogens is 514 g/mol. The lowest BCUT2D eigenvalue weighted by Gasteiger charge is -2.38. The zero-order valence-corrected chi connectivity index (χ0v) is 25.0. The first-order chi connectivity index (χ1) is 20.0. The van der Waals surface area contributed by atoms with Crippen molar-refractivity contribution in [3.63, 3.8) is 0 Å². The summed E-state index contributed by atoms with van der Waals surface area (Å²) < 4.78 is 11.6. The molecule has 0 radical (unpaired) electrons. The Labute approximate surface area is 245 Å². The molecule has 3 saturated heterocycles. The van der Waals surface area contributed by atoms with Crippen LogP contribution in [-0.2, 0) is 4.79 Å². The number of benzene rings is 1. The van der Waals surface area contributed by atoms with Gasteiger partial charge in [0, 0.05) is 44.1 Å². The average Bonchev–Trinajstić information content (AvgIpc) is 3.74. The summed E-state index contributed by atoms with van der Waals surface area (Å²) in [4.78, 5) is 24.8. The molecule has 1 unspecified atom stereocenters. The van der Waals surface area contributed by atoms with E-state index in [1.807, 2.05) is 0 Å². The number of allylic oxidation sites excluding steroid dienone is 2. The van der Waals surface area contributed by atoms with Crippen LogP contribution in [0.5, 0.6) is 5.75 Å². The number of carbonyl (C=O) groups is 1. The van der Waals surface area contributed by atoms with Crippen molar-refractivity contribution in [2.45, 2.75) is 83.6 Å². The molecule has 41 heavy (non-hydrogen) atoms. The van der Waals surface area contributed by atoms with E-state index in [4.69, 9.17) is 9.26 Å². The highest BCUT2D eigenvalue weighted by Crippen LogP contribution is 2.33. The Balaban J connectivity index is 0.924. The number of likely N-dealkylation sites (tertiary alicyclic amines) is 2. The molecule has 3 fully saturated rings. The van der Waals surface area contributed by atoms with Crippen LogP contribution in [0.3, 0.4) is 0 Å². The van der Waals surface area contributed by atoms with Gasteiger partial charge in [0.2, 0.25) is 5.91 Å². The second kappa shape index (κ2) is 13.0. The Morgan fingerprint density at radius 3 is 2.34 bits per heavy atom. The van der Waals surface area contributed by atoms with Gasteiger partial charge < -0.3 is 24.0 Å². The van der Waals surface area contributed by atoms with Crippen molar-refractivity contribution >= 4 is 17.5 Å². The molecule has 1 aromatic carbocycles. The predicted octanol–water partition coefficient (Wildman–Crippen LogP) is 5.76. The summed E-state index contributed by atoms with van der Waals surface area (Å²) in [5.74, 6) is 3.03. The number of ether oxygens (including phenoxy) is 1. The molecule has 1 aromatic heterocycles. The van der Waals surface area contributed by atoms with Crippen LogP contribution in [0.15, 0.2) is 34.9 Å². The number of piperidine rings is 2. The fraction of sp³-hybridized carbons (Fsp3) is 0.667. The molecule has 6 rings (SSSR count). The van der Waals surface area contributed by atoms with Crippen LogP contribution < -0.4 is 9.64 Å². The Bertz CT molecular complexity index is 1170. The largest absolute Gasteiger partial charge is 0.493 e. The molecule has 1 amide bonds. The quantitative estimate of drug-likeness (QED) is 0.406. The molecule has 2 aromatic rings. The van der Waals surface area contributed by atoms with Gasteiger partial charge in [-0.1, -0.05) is 37.2 Å². The van der Waals surface area contributed by atoms with E-state index in [0.717, 1.165) is 89.3 Å². The normalized spacial score (nSPS) is 23.3. The minimum absolute atomic E-state index is 0.146. The van der Waals surface area contributed by atoms with Crippen molar-refractivity contribution in [1.82, 2.24) is 19.9 Å². The maximum Gasteiger partial charge on any atom is 0.324 e. The molecule has 1 aliphatic carbocycles. The summed E-state index contributed by atoms with van der Waals surface area (Å²) in [5, 5.41) is 4.10. The third-order valence-corrected chi connectivity index (χ3v) is 9.74. The van der Waals surface area contributed by atoms with E-state index in [-0.39, 0.29) is 11.8 Å². The molecule has 0 bridgehead atoms.